The van der Waals surface area contributed by atoms with Crippen molar-refractivity contribution in [2.24, 2.45) is 5.92 Å². The van der Waals surface area contributed by atoms with Crippen LogP contribution in [0.4, 0.5) is 10.1 Å². The van der Waals surface area contributed by atoms with Crippen molar-refractivity contribution in [1.82, 2.24) is 0 Å². The molecule has 21 heavy (non-hydrogen) atoms. The molecule has 1 aromatic carbocycles. The number of unbranched alkanes of at least 4 members (excludes halogenated alkanes) is 1. The number of rotatable bonds is 8. The second kappa shape index (κ2) is 8.34. The van der Waals surface area contributed by atoms with Crippen LogP contribution in [0.1, 0.15) is 49.9 Å². The molecule has 1 unspecified atom stereocenters. The summed E-state index contributed by atoms with van der Waals surface area (Å²) in [6.45, 7) is 4.41. The topological polar surface area (TPSA) is 69.4 Å². The predicted molar refractivity (Wildman–Crippen MR) is 76.6 cm³/mol. The van der Waals surface area contributed by atoms with Gasteiger partial charge in [0.1, 0.15) is 0 Å². The van der Waals surface area contributed by atoms with Gasteiger partial charge in [-0.1, -0.05) is 33.1 Å². The van der Waals surface area contributed by atoms with Gasteiger partial charge >= 0.3 is 11.7 Å². The lowest BCUT2D eigenvalue weighted by molar-refractivity contribution is -0.387. The fourth-order valence-corrected chi connectivity index (χ4v) is 1.96. The van der Waals surface area contributed by atoms with Crippen LogP contribution >= 0.6 is 0 Å². The highest BCUT2D eigenvalue weighted by atomic mass is 19.1. The Bertz CT molecular complexity index is 504. The van der Waals surface area contributed by atoms with Gasteiger partial charge in [0.25, 0.3) is 0 Å². The summed E-state index contributed by atoms with van der Waals surface area (Å²) in [7, 11) is 0. The lowest BCUT2D eigenvalue weighted by atomic mass is 10.0. The molecule has 0 radical (unpaired) electrons. The van der Waals surface area contributed by atoms with Crippen molar-refractivity contribution >= 4 is 11.7 Å². The van der Waals surface area contributed by atoms with Crippen LogP contribution in [0.15, 0.2) is 18.2 Å². The Morgan fingerprint density at radius 2 is 2.14 bits per heavy atom. The van der Waals surface area contributed by atoms with Crippen molar-refractivity contribution in [2.45, 2.75) is 39.5 Å². The van der Waals surface area contributed by atoms with Gasteiger partial charge in [-0.05, 0) is 24.5 Å². The van der Waals surface area contributed by atoms with Crippen LogP contribution in [-0.4, -0.2) is 17.5 Å². The molecule has 0 saturated carbocycles. The summed E-state index contributed by atoms with van der Waals surface area (Å²) >= 11 is 0. The van der Waals surface area contributed by atoms with E-state index in [9.17, 15) is 19.3 Å². The fourth-order valence-electron chi connectivity index (χ4n) is 1.96. The van der Waals surface area contributed by atoms with E-state index in [0.717, 1.165) is 37.8 Å². The zero-order valence-electron chi connectivity index (χ0n) is 12.3. The Morgan fingerprint density at radius 1 is 1.43 bits per heavy atom. The van der Waals surface area contributed by atoms with Crippen LogP contribution in [0, 0.1) is 21.8 Å². The molecule has 0 aromatic heterocycles. The third kappa shape index (κ3) is 5.13. The SMILES string of the molecule is CCCCC(CC)COC(=O)c1ccc([N+](=O)[O-])c(F)c1. The Kier molecular flexibility index (Phi) is 6.78. The van der Waals surface area contributed by atoms with Gasteiger partial charge in [0, 0.05) is 6.07 Å². The van der Waals surface area contributed by atoms with Crippen LogP contribution < -0.4 is 0 Å². The lowest BCUT2D eigenvalue weighted by Gasteiger charge is -2.14. The zero-order valence-corrected chi connectivity index (χ0v) is 12.3. The van der Waals surface area contributed by atoms with Crippen LogP contribution in [0.2, 0.25) is 0 Å². The normalized spacial score (nSPS) is 12.0. The maximum atomic E-state index is 13.4. The first kappa shape index (κ1) is 17.1. The van der Waals surface area contributed by atoms with Crippen LogP contribution in [-0.2, 0) is 4.74 Å². The van der Waals surface area contributed by atoms with E-state index in [1.54, 1.807) is 0 Å². The number of nitrogens with zero attached hydrogens (tertiary/aromatic N) is 1. The fraction of sp³-hybridized carbons (Fsp3) is 0.533. The number of carbonyl (C=O) groups is 1. The minimum absolute atomic E-state index is 0.0107. The van der Waals surface area contributed by atoms with Gasteiger partial charge in [0.05, 0.1) is 17.1 Å². The molecular weight excluding hydrogens is 277 g/mol. The Labute approximate surface area is 123 Å². The van der Waals surface area contributed by atoms with Crippen LogP contribution in [0.3, 0.4) is 0 Å². The van der Waals surface area contributed by atoms with Crippen LogP contribution in [0.25, 0.3) is 0 Å². The zero-order chi connectivity index (χ0) is 15.8. The molecule has 0 bridgehead atoms. The maximum Gasteiger partial charge on any atom is 0.338 e. The Morgan fingerprint density at radius 3 is 2.67 bits per heavy atom. The van der Waals surface area contributed by atoms with E-state index in [1.165, 1.54) is 6.07 Å². The molecule has 0 spiro atoms. The first-order valence-electron chi connectivity index (χ1n) is 7.10. The second-order valence-corrected chi connectivity index (χ2v) is 4.94. The molecule has 0 heterocycles. The van der Waals surface area contributed by atoms with Crippen molar-refractivity contribution < 1.29 is 18.8 Å². The number of hydrogen-bond acceptors (Lipinski definition) is 4. The number of carbonyl (C=O) groups excluding carboxylic acids is 1. The molecule has 0 aliphatic carbocycles. The molecule has 1 aromatic rings. The van der Waals surface area contributed by atoms with Crippen LogP contribution in [0.5, 0.6) is 0 Å². The molecule has 1 atom stereocenters. The predicted octanol–water partition coefficient (Wildman–Crippen LogP) is 4.11. The van der Waals surface area contributed by atoms with Gasteiger partial charge in [0.15, 0.2) is 0 Å². The summed E-state index contributed by atoms with van der Waals surface area (Å²) in [5, 5.41) is 10.5. The minimum Gasteiger partial charge on any atom is -0.462 e. The lowest BCUT2D eigenvalue weighted by Crippen LogP contribution is -2.14. The summed E-state index contributed by atoms with van der Waals surface area (Å²) in [5.41, 5.74) is -0.663. The molecule has 116 valence electrons. The standard InChI is InChI=1S/C15H20FNO4/c1-3-5-6-11(4-2)10-21-15(18)12-7-8-14(17(19)20)13(16)9-12/h7-9,11H,3-6,10H2,1-2H3. The molecule has 0 fully saturated rings. The largest absolute Gasteiger partial charge is 0.462 e. The molecule has 0 amide bonds. The summed E-state index contributed by atoms with van der Waals surface area (Å²) < 4.78 is 18.6. The van der Waals surface area contributed by atoms with Gasteiger partial charge in [-0.25, -0.2) is 4.79 Å². The molecule has 1 rings (SSSR count). The van der Waals surface area contributed by atoms with Gasteiger partial charge in [-0.2, -0.15) is 4.39 Å². The first-order chi connectivity index (χ1) is 9.99. The number of esters is 1. The highest BCUT2D eigenvalue weighted by Gasteiger charge is 2.18. The smallest absolute Gasteiger partial charge is 0.338 e. The van der Waals surface area contributed by atoms with E-state index in [2.05, 4.69) is 6.92 Å². The van der Waals surface area contributed by atoms with Crippen molar-refractivity contribution in [3.63, 3.8) is 0 Å². The van der Waals surface area contributed by atoms with E-state index in [1.807, 2.05) is 6.92 Å². The van der Waals surface area contributed by atoms with Crippen molar-refractivity contribution in [2.75, 3.05) is 6.61 Å². The molecule has 6 heteroatoms. The molecular formula is C15H20FNO4. The summed E-state index contributed by atoms with van der Waals surface area (Å²) in [6.07, 6.45) is 4.04. The third-order valence-corrected chi connectivity index (χ3v) is 3.37. The van der Waals surface area contributed by atoms with E-state index in [-0.39, 0.29) is 18.1 Å². The van der Waals surface area contributed by atoms with E-state index >= 15 is 0 Å². The van der Waals surface area contributed by atoms with Crippen molar-refractivity contribution in [3.05, 3.63) is 39.7 Å². The number of benzene rings is 1. The Balaban J connectivity index is 2.63. The first-order valence-corrected chi connectivity index (χ1v) is 7.10. The maximum absolute atomic E-state index is 13.4. The summed E-state index contributed by atoms with van der Waals surface area (Å²) in [6, 6.07) is 3.02. The number of hydrogen-bond donors (Lipinski definition) is 0. The monoisotopic (exact) mass is 297 g/mol. The second-order valence-electron chi connectivity index (χ2n) is 4.94. The highest BCUT2D eigenvalue weighted by Crippen LogP contribution is 2.19. The van der Waals surface area contributed by atoms with E-state index < -0.39 is 22.4 Å². The summed E-state index contributed by atoms with van der Waals surface area (Å²) in [5.74, 6) is -1.40. The molecule has 0 N–H and O–H groups in total. The van der Waals surface area contributed by atoms with E-state index in [0.29, 0.717) is 0 Å². The average molecular weight is 297 g/mol. The molecule has 0 saturated heterocycles. The minimum atomic E-state index is -1.03. The molecule has 5 nitrogen and oxygen atoms in total. The number of nitro groups is 1. The number of ether oxygens (including phenoxy) is 1. The van der Waals surface area contributed by atoms with Gasteiger partial charge in [0.2, 0.25) is 5.82 Å². The number of nitro benzene ring substituents is 1. The third-order valence-electron chi connectivity index (χ3n) is 3.37. The summed E-state index contributed by atoms with van der Waals surface area (Å²) in [4.78, 5) is 21.5. The molecule has 0 aliphatic rings. The van der Waals surface area contributed by atoms with Gasteiger partial charge in [-0.3, -0.25) is 10.1 Å². The Hall–Kier alpha value is -1.98. The van der Waals surface area contributed by atoms with E-state index in [4.69, 9.17) is 4.74 Å². The molecule has 0 aliphatic heterocycles. The number of halogens is 1. The van der Waals surface area contributed by atoms with Gasteiger partial charge < -0.3 is 4.74 Å². The van der Waals surface area contributed by atoms with Crippen molar-refractivity contribution in [3.8, 4) is 0 Å². The van der Waals surface area contributed by atoms with Gasteiger partial charge in [-0.15, -0.1) is 0 Å². The quantitative estimate of drug-likeness (QED) is 0.411. The average Bonchev–Trinajstić information content (AvgIpc) is 2.46. The highest BCUT2D eigenvalue weighted by molar-refractivity contribution is 5.89. The van der Waals surface area contributed by atoms with Crippen molar-refractivity contribution in [1.29, 1.82) is 0 Å².